The molecule has 0 bridgehead atoms. The van der Waals surface area contributed by atoms with Gasteiger partial charge in [0.2, 0.25) is 5.91 Å². The van der Waals surface area contributed by atoms with Gasteiger partial charge in [-0.1, -0.05) is 6.92 Å². The van der Waals surface area contributed by atoms with Gasteiger partial charge in [-0.05, 0) is 44.8 Å². The van der Waals surface area contributed by atoms with Crippen molar-refractivity contribution in [1.82, 2.24) is 20.0 Å². The molecule has 0 atom stereocenters. The maximum atomic E-state index is 11.7. The van der Waals surface area contributed by atoms with Crippen molar-refractivity contribution in [2.45, 2.75) is 32.7 Å². The van der Waals surface area contributed by atoms with Crippen LogP contribution in [0.2, 0.25) is 0 Å². The molecule has 1 aromatic heterocycles. The van der Waals surface area contributed by atoms with Crippen LogP contribution in [0.4, 0.5) is 5.69 Å². The first kappa shape index (κ1) is 14.8. The third kappa shape index (κ3) is 4.85. The molecule has 0 saturated carbocycles. The van der Waals surface area contributed by atoms with Gasteiger partial charge in [0, 0.05) is 12.7 Å². The predicted octanol–water partition coefficient (Wildman–Crippen LogP) is 0.704. The Balaban J connectivity index is 1.55. The number of hydrogen-bond donors (Lipinski definition) is 2. The van der Waals surface area contributed by atoms with Crippen LogP contribution in [0.3, 0.4) is 0 Å². The number of hydrogen-bond acceptors (Lipinski definition) is 4. The number of carbonyl (C=O) groups excluding carboxylic acids is 1. The molecule has 2 heterocycles. The Morgan fingerprint density at radius 2 is 2.25 bits per heavy atom. The molecule has 1 saturated heterocycles. The van der Waals surface area contributed by atoms with Crippen LogP contribution in [0.15, 0.2) is 12.4 Å². The van der Waals surface area contributed by atoms with E-state index in [1.54, 1.807) is 17.1 Å². The number of nitrogens with two attached hydrogens (primary N) is 1. The zero-order chi connectivity index (χ0) is 14.4. The smallest absolute Gasteiger partial charge is 0.241 e. The number of likely N-dealkylation sites (tertiary alicyclic amines) is 1. The maximum Gasteiger partial charge on any atom is 0.241 e. The minimum atomic E-state index is -0.0135. The van der Waals surface area contributed by atoms with E-state index in [1.807, 2.05) is 0 Å². The zero-order valence-electron chi connectivity index (χ0n) is 12.2. The molecule has 2 rings (SSSR count). The highest BCUT2D eigenvalue weighted by Crippen LogP contribution is 2.15. The second-order valence-corrected chi connectivity index (χ2v) is 5.70. The van der Waals surface area contributed by atoms with E-state index >= 15 is 0 Å². The number of rotatable bonds is 6. The lowest BCUT2D eigenvalue weighted by molar-refractivity contribution is -0.121. The van der Waals surface area contributed by atoms with Gasteiger partial charge in [0.05, 0.1) is 11.9 Å². The van der Waals surface area contributed by atoms with E-state index in [0.717, 1.165) is 25.4 Å². The van der Waals surface area contributed by atoms with Gasteiger partial charge >= 0.3 is 0 Å². The van der Waals surface area contributed by atoms with E-state index in [9.17, 15) is 4.79 Å². The van der Waals surface area contributed by atoms with Gasteiger partial charge in [-0.15, -0.1) is 0 Å². The summed E-state index contributed by atoms with van der Waals surface area (Å²) >= 11 is 0. The van der Waals surface area contributed by atoms with E-state index in [-0.39, 0.29) is 12.5 Å². The number of amides is 1. The molecule has 6 nitrogen and oxygen atoms in total. The highest BCUT2D eigenvalue weighted by atomic mass is 16.2. The molecule has 6 heteroatoms. The Bertz CT molecular complexity index is 423. The third-order valence-corrected chi connectivity index (χ3v) is 3.81. The summed E-state index contributed by atoms with van der Waals surface area (Å²) in [6.45, 7) is 6.74. The van der Waals surface area contributed by atoms with Crippen molar-refractivity contribution in [3.05, 3.63) is 12.4 Å². The molecule has 1 aliphatic rings. The normalized spacial score (nSPS) is 17.2. The standard InChI is InChI=1S/C14H25N5O/c1-12-3-7-18(8-4-12)6-2-5-16-14(20)11-19-10-13(15)9-17-19/h9-10,12H,2-8,11,15H2,1H3,(H,16,20). The monoisotopic (exact) mass is 279 g/mol. The Kier molecular flexibility index (Phi) is 5.40. The summed E-state index contributed by atoms with van der Waals surface area (Å²) in [7, 11) is 0. The second-order valence-electron chi connectivity index (χ2n) is 5.70. The van der Waals surface area contributed by atoms with Gasteiger partial charge in [-0.25, -0.2) is 0 Å². The molecule has 1 aromatic rings. The molecule has 1 amide bonds. The van der Waals surface area contributed by atoms with Gasteiger partial charge in [0.15, 0.2) is 0 Å². The van der Waals surface area contributed by atoms with E-state index in [4.69, 9.17) is 5.73 Å². The lowest BCUT2D eigenvalue weighted by Gasteiger charge is -2.30. The van der Waals surface area contributed by atoms with Crippen LogP contribution in [0.5, 0.6) is 0 Å². The molecule has 0 spiro atoms. The number of nitrogens with zero attached hydrogens (tertiary/aromatic N) is 3. The predicted molar refractivity (Wildman–Crippen MR) is 79.1 cm³/mol. The van der Waals surface area contributed by atoms with Crippen molar-refractivity contribution >= 4 is 11.6 Å². The van der Waals surface area contributed by atoms with E-state index in [0.29, 0.717) is 5.69 Å². The summed E-state index contributed by atoms with van der Waals surface area (Å²) in [5.41, 5.74) is 6.13. The largest absolute Gasteiger partial charge is 0.396 e. The molecule has 3 N–H and O–H groups in total. The van der Waals surface area contributed by atoms with Crippen molar-refractivity contribution in [3.63, 3.8) is 0 Å². The van der Waals surface area contributed by atoms with Gasteiger partial charge in [0.1, 0.15) is 6.54 Å². The second kappa shape index (κ2) is 7.28. The molecule has 1 fully saturated rings. The highest BCUT2D eigenvalue weighted by Gasteiger charge is 2.14. The van der Waals surface area contributed by atoms with Gasteiger partial charge in [0.25, 0.3) is 0 Å². The Morgan fingerprint density at radius 1 is 1.50 bits per heavy atom. The van der Waals surface area contributed by atoms with E-state index < -0.39 is 0 Å². The summed E-state index contributed by atoms with van der Waals surface area (Å²) in [5, 5.41) is 6.91. The van der Waals surface area contributed by atoms with Gasteiger partial charge in [-0.3, -0.25) is 9.48 Å². The average Bonchev–Trinajstić information content (AvgIpc) is 2.82. The Labute approximate surface area is 120 Å². The van der Waals surface area contributed by atoms with Crippen LogP contribution in [0, 0.1) is 5.92 Å². The van der Waals surface area contributed by atoms with Crippen molar-refractivity contribution in [2.24, 2.45) is 5.92 Å². The molecule has 20 heavy (non-hydrogen) atoms. The van der Waals surface area contributed by atoms with Crippen LogP contribution in [-0.2, 0) is 11.3 Å². The third-order valence-electron chi connectivity index (χ3n) is 3.81. The first-order valence-corrected chi connectivity index (χ1v) is 7.40. The number of carbonyl (C=O) groups is 1. The topological polar surface area (TPSA) is 76.2 Å². The van der Waals surface area contributed by atoms with Crippen LogP contribution >= 0.6 is 0 Å². The summed E-state index contributed by atoms with van der Waals surface area (Å²) in [6.07, 6.45) is 6.81. The Hall–Kier alpha value is -1.56. The zero-order valence-corrected chi connectivity index (χ0v) is 12.2. The molecule has 0 aliphatic carbocycles. The van der Waals surface area contributed by atoms with Crippen molar-refractivity contribution < 1.29 is 4.79 Å². The molecule has 0 radical (unpaired) electrons. The van der Waals surface area contributed by atoms with Crippen LogP contribution in [0.1, 0.15) is 26.2 Å². The fraction of sp³-hybridized carbons (Fsp3) is 0.714. The number of nitrogens with one attached hydrogen (secondary N) is 1. The molecule has 0 unspecified atom stereocenters. The fourth-order valence-electron chi connectivity index (χ4n) is 2.49. The number of piperidine rings is 1. The minimum Gasteiger partial charge on any atom is -0.396 e. The van der Waals surface area contributed by atoms with Crippen molar-refractivity contribution in [2.75, 3.05) is 31.9 Å². The van der Waals surface area contributed by atoms with Gasteiger partial charge < -0.3 is 16.0 Å². The first-order chi connectivity index (χ1) is 9.63. The van der Waals surface area contributed by atoms with Crippen molar-refractivity contribution in [3.8, 4) is 0 Å². The number of aromatic nitrogens is 2. The summed E-state index contributed by atoms with van der Waals surface area (Å²) < 4.78 is 1.55. The van der Waals surface area contributed by atoms with Crippen LogP contribution < -0.4 is 11.1 Å². The van der Waals surface area contributed by atoms with Crippen molar-refractivity contribution in [1.29, 1.82) is 0 Å². The molecular formula is C14H25N5O. The molecule has 0 aromatic carbocycles. The molecule has 1 aliphatic heterocycles. The Morgan fingerprint density at radius 3 is 2.90 bits per heavy atom. The average molecular weight is 279 g/mol. The lowest BCUT2D eigenvalue weighted by Crippen LogP contribution is -2.36. The molecular weight excluding hydrogens is 254 g/mol. The number of anilines is 1. The SMILES string of the molecule is CC1CCN(CCCNC(=O)Cn2cc(N)cn2)CC1. The summed E-state index contributed by atoms with van der Waals surface area (Å²) in [5.74, 6) is 0.854. The fourth-order valence-corrected chi connectivity index (χ4v) is 2.49. The minimum absolute atomic E-state index is 0.0135. The van der Waals surface area contributed by atoms with Gasteiger partial charge in [-0.2, -0.15) is 5.10 Å². The summed E-state index contributed by atoms with van der Waals surface area (Å²) in [4.78, 5) is 14.2. The van der Waals surface area contributed by atoms with E-state index in [2.05, 4.69) is 22.2 Å². The van der Waals surface area contributed by atoms with Crippen LogP contribution in [-0.4, -0.2) is 46.8 Å². The van der Waals surface area contributed by atoms with Crippen LogP contribution in [0.25, 0.3) is 0 Å². The summed E-state index contributed by atoms with van der Waals surface area (Å²) in [6, 6.07) is 0. The van der Waals surface area contributed by atoms with E-state index in [1.165, 1.54) is 25.9 Å². The first-order valence-electron chi connectivity index (χ1n) is 7.40. The number of nitrogen functional groups attached to an aromatic ring is 1. The highest BCUT2D eigenvalue weighted by molar-refractivity contribution is 5.75. The quantitative estimate of drug-likeness (QED) is 0.752. The lowest BCUT2D eigenvalue weighted by atomic mass is 9.99. The molecule has 112 valence electrons. The maximum absolute atomic E-state index is 11.7.